The monoisotopic (exact) mass is 400 g/mol. The lowest BCUT2D eigenvalue weighted by atomic mass is 9.87. The lowest BCUT2D eigenvalue weighted by Gasteiger charge is -2.28. The van der Waals surface area contributed by atoms with E-state index < -0.39 is 0 Å². The van der Waals surface area contributed by atoms with Crippen molar-refractivity contribution >= 4 is 28.6 Å². The zero-order chi connectivity index (χ0) is 20.8. The largest absolute Gasteiger partial charge is 0.871 e. The Balaban J connectivity index is 1.51. The molecule has 6 nitrogen and oxygen atoms in total. The molecule has 3 aromatic rings. The Morgan fingerprint density at radius 3 is 2.60 bits per heavy atom. The summed E-state index contributed by atoms with van der Waals surface area (Å²) in [4.78, 5) is 14.7. The second-order valence-electron chi connectivity index (χ2n) is 7.08. The zero-order valence-corrected chi connectivity index (χ0v) is 16.7. The Bertz CT molecular complexity index is 1280. The highest BCUT2D eigenvalue weighted by atomic mass is 16.5. The Kier molecular flexibility index (Phi) is 4.20. The number of rotatable bonds is 4. The number of aryl methyl sites for hydroxylation is 1. The summed E-state index contributed by atoms with van der Waals surface area (Å²) >= 11 is 0. The predicted molar refractivity (Wildman–Crippen MR) is 110 cm³/mol. The van der Waals surface area contributed by atoms with Crippen molar-refractivity contribution in [3.63, 3.8) is 0 Å². The maximum atomic E-state index is 12.8. The molecule has 2 heterocycles. The molecule has 0 fully saturated rings. The number of ether oxygens (including phenoxy) is 1. The number of fused-ring (bicyclic) bond motifs is 2. The summed E-state index contributed by atoms with van der Waals surface area (Å²) in [5, 5.41) is 12.8. The first-order chi connectivity index (χ1) is 14.6. The van der Waals surface area contributed by atoms with E-state index >= 15 is 0 Å². The minimum absolute atomic E-state index is 0.127. The molecule has 1 aromatic heterocycles. The van der Waals surface area contributed by atoms with Crippen molar-refractivity contribution < 1.29 is 23.6 Å². The van der Waals surface area contributed by atoms with E-state index in [-0.39, 0.29) is 22.7 Å². The number of oxazole rings is 1. The molecule has 1 aliphatic heterocycles. The van der Waals surface area contributed by atoms with E-state index in [0.29, 0.717) is 36.2 Å². The fourth-order valence-corrected chi connectivity index (χ4v) is 3.92. The van der Waals surface area contributed by atoms with Crippen LogP contribution in [0.25, 0.3) is 17.2 Å². The van der Waals surface area contributed by atoms with Crippen molar-refractivity contribution in [3.8, 4) is 5.75 Å². The number of benzene rings is 2. The first-order valence-corrected chi connectivity index (χ1v) is 9.98. The molecule has 0 amide bonds. The van der Waals surface area contributed by atoms with Crippen LogP contribution in [0.4, 0.5) is 5.69 Å². The third-order valence-corrected chi connectivity index (χ3v) is 5.42. The molecule has 0 atom stereocenters. The van der Waals surface area contributed by atoms with Gasteiger partial charge in [0.2, 0.25) is 11.5 Å². The number of hydrogen-bond donors (Lipinski definition) is 0. The van der Waals surface area contributed by atoms with Crippen LogP contribution in [0, 0.1) is 0 Å². The van der Waals surface area contributed by atoms with Crippen LogP contribution in [-0.4, -0.2) is 12.3 Å². The van der Waals surface area contributed by atoms with Crippen molar-refractivity contribution in [1.29, 1.82) is 0 Å². The minimum atomic E-state index is -0.300. The third-order valence-electron chi connectivity index (χ3n) is 5.42. The molecule has 2 aromatic carbocycles. The van der Waals surface area contributed by atoms with Crippen molar-refractivity contribution in [2.75, 3.05) is 11.4 Å². The van der Waals surface area contributed by atoms with Crippen LogP contribution in [-0.2, 0) is 11.3 Å². The second kappa shape index (κ2) is 6.91. The first-order valence-electron chi connectivity index (χ1n) is 9.98. The van der Waals surface area contributed by atoms with Gasteiger partial charge in [0.15, 0.2) is 11.5 Å². The number of allylic oxidation sites excluding steroid dienone is 3. The highest BCUT2D eigenvalue weighted by Crippen LogP contribution is 2.40. The molecule has 150 valence electrons. The van der Waals surface area contributed by atoms with E-state index in [1.54, 1.807) is 0 Å². The molecule has 30 heavy (non-hydrogen) atoms. The molecule has 5 rings (SSSR count). The van der Waals surface area contributed by atoms with Gasteiger partial charge in [-0.2, -0.15) is 4.57 Å². The Labute approximate surface area is 173 Å². The summed E-state index contributed by atoms with van der Waals surface area (Å²) in [6.45, 7) is 5.31. The van der Waals surface area contributed by atoms with E-state index in [0.717, 1.165) is 11.2 Å². The first kappa shape index (κ1) is 18.2. The molecule has 0 bridgehead atoms. The average molecular weight is 400 g/mol. The van der Waals surface area contributed by atoms with Crippen LogP contribution in [0.2, 0.25) is 0 Å². The van der Waals surface area contributed by atoms with Gasteiger partial charge in [0.25, 0.3) is 5.52 Å². The maximum Gasteiger partial charge on any atom is 0.374 e. The van der Waals surface area contributed by atoms with Gasteiger partial charge in [-0.25, -0.2) is 0 Å². The number of para-hydroxylation sites is 4. The highest BCUT2D eigenvalue weighted by molar-refractivity contribution is 6.22. The Hall–Kier alpha value is -3.80. The smallest absolute Gasteiger partial charge is 0.374 e. The predicted octanol–water partition coefficient (Wildman–Crippen LogP) is 3.08. The van der Waals surface area contributed by atoms with E-state index in [2.05, 4.69) is 0 Å². The number of carbonyl (C=O) groups excluding carboxylic acids is 1. The van der Waals surface area contributed by atoms with Gasteiger partial charge in [0, 0.05) is 29.8 Å². The highest BCUT2D eigenvalue weighted by Gasteiger charge is 2.32. The minimum Gasteiger partial charge on any atom is -0.871 e. The van der Waals surface area contributed by atoms with E-state index in [1.165, 1.54) is 12.2 Å². The molecule has 6 heteroatoms. The fraction of sp³-hybridized carbons (Fsp3) is 0.167. The van der Waals surface area contributed by atoms with Gasteiger partial charge in [-0.05, 0) is 32.0 Å². The van der Waals surface area contributed by atoms with Crippen LogP contribution in [0.3, 0.4) is 0 Å². The second-order valence-corrected chi connectivity index (χ2v) is 7.08. The van der Waals surface area contributed by atoms with Crippen molar-refractivity contribution in [2.45, 2.75) is 20.4 Å². The number of Topliss-reactive ketones (excluding diaryl/α,β-unsaturated/α-hetero) is 1. The zero-order valence-electron chi connectivity index (χ0n) is 16.7. The molecule has 0 N–H and O–H groups in total. The molecule has 0 unspecified atom stereocenters. The molecule has 0 saturated carbocycles. The van der Waals surface area contributed by atoms with E-state index in [9.17, 15) is 9.90 Å². The van der Waals surface area contributed by atoms with Gasteiger partial charge in [-0.3, -0.25) is 4.79 Å². The summed E-state index contributed by atoms with van der Waals surface area (Å²) in [5.74, 6) is 1.09. The molecular formula is C24H20N2O4. The van der Waals surface area contributed by atoms with E-state index in [4.69, 9.17) is 9.15 Å². The molecule has 1 aliphatic carbocycles. The van der Waals surface area contributed by atoms with Gasteiger partial charge < -0.3 is 19.2 Å². The standard InChI is InChI=1S/C24H20N2O4/c1-3-25-17-9-5-7-11-19(17)29-21(25)13-15-23(27)16(24(15)28)14-22-26(4-2)18-10-6-8-12-20(18)30-22/h5-14H,3-4H2,1-2H3. The fourth-order valence-electron chi connectivity index (χ4n) is 3.92. The van der Waals surface area contributed by atoms with Crippen molar-refractivity contribution in [1.82, 2.24) is 0 Å². The number of ketones is 1. The Morgan fingerprint density at radius 2 is 1.83 bits per heavy atom. The van der Waals surface area contributed by atoms with Gasteiger partial charge in [0.05, 0.1) is 11.8 Å². The Morgan fingerprint density at radius 1 is 1.07 bits per heavy atom. The molecule has 0 radical (unpaired) electrons. The van der Waals surface area contributed by atoms with Crippen LogP contribution < -0.4 is 19.3 Å². The van der Waals surface area contributed by atoms with Crippen LogP contribution >= 0.6 is 0 Å². The van der Waals surface area contributed by atoms with Gasteiger partial charge in [-0.1, -0.05) is 30.0 Å². The normalized spacial score (nSPS) is 18.3. The summed E-state index contributed by atoms with van der Waals surface area (Å²) in [5.41, 5.74) is 2.82. The third kappa shape index (κ3) is 2.64. The van der Waals surface area contributed by atoms with E-state index in [1.807, 2.05) is 71.8 Å². The summed E-state index contributed by atoms with van der Waals surface area (Å²) < 4.78 is 13.7. The van der Waals surface area contributed by atoms with Crippen molar-refractivity contribution in [2.24, 2.45) is 0 Å². The molecule has 0 saturated heterocycles. The summed E-state index contributed by atoms with van der Waals surface area (Å²) in [6, 6.07) is 15.3. The number of nitrogens with zero attached hydrogens (tertiary/aromatic N) is 2. The maximum absolute atomic E-state index is 12.8. The number of carbonyl (C=O) groups is 1. The van der Waals surface area contributed by atoms with Crippen LogP contribution in [0.1, 0.15) is 19.7 Å². The molecule has 0 spiro atoms. The van der Waals surface area contributed by atoms with Gasteiger partial charge in [-0.15, -0.1) is 0 Å². The molecular weight excluding hydrogens is 380 g/mol. The topological polar surface area (TPSA) is 69.6 Å². The molecule has 2 aliphatic rings. The lowest BCUT2D eigenvalue weighted by Crippen LogP contribution is -2.35. The van der Waals surface area contributed by atoms with Gasteiger partial charge >= 0.3 is 5.89 Å². The summed E-state index contributed by atoms with van der Waals surface area (Å²) in [6.07, 6.45) is 3.08. The van der Waals surface area contributed by atoms with Gasteiger partial charge in [0.1, 0.15) is 6.54 Å². The number of hydrogen-bond acceptors (Lipinski definition) is 5. The number of aromatic nitrogens is 1. The lowest BCUT2D eigenvalue weighted by molar-refractivity contribution is -0.674. The van der Waals surface area contributed by atoms with Crippen LogP contribution in [0.5, 0.6) is 5.75 Å². The van der Waals surface area contributed by atoms with Crippen LogP contribution in [0.15, 0.2) is 81.8 Å². The SMILES string of the molecule is CCN1/C(=C\C2=C([O-])C(=C\c3oc4ccccc4[n+]3CC)/C2=O)Oc2ccccc21. The van der Waals surface area contributed by atoms with Crippen molar-refractivity contribution in [3.05, 3.63) is 83.3 Å². The average Bonchev–Trinajstić information content (AvgIpc) is 3.32. The number of anilines is 1. The summed E-state index contributed by atoms with van der Waals surface area (Å²) in [7, 11) is 0. The quantitative estimate of drug-likeness (QED) is 0.497.